The molecule has 204 valence electrons. The number of carbonyl (C=O) groups excluding carboxylic acids is 2. The summed E-state index contributed by atoms with van der Waals surface area (Å²) in [6, 6.07) is 14.9. The van der Waals surface area contributed by atoms with E-state index in [0.717, 1.165) is 29.9 Å². The topological polar surface area (TPSA) is 78.6 Å². The molecule has 8 nitrogen and oxygen atoms in total. The molecule has 1 aromatic heterocycles. The molecule has 0 aliphatic carbocycles. The first kappa shape index (κ1) is 26.8. The molecule has 2 aliphatic rings. The molecule has 5 rings (SSSR count). The number of hydrogen-bond donors (Lipinski definition) is 0. The first-order chi connectivity index (χ1) is 18.9. The summed E-state index contributed by atoms with van der Waals surface area (Å²) in [5.74, 6) is -0.604. The van der Waals surface area contributed by atoms with Crippen LogP contribution in [0.15, 0.2) is 70.4 Å². The average molecular weight is 533 g/mol. The number of rotatable bonds is 8. The number of hydrogen-bond acceptors (Lipinski definition) is 6. The SMILES string of the molecule is Cc1ccc(C2=NN(C(=O)CN(CCN3CCOCC3)C(=O)c3cccc(F)c3)[C@H](c3ccco3)C2)cc1C. The van der Waals surface area contributed by atoms with Crippen LogP contribution in [0.4, 0.5) is 4.39 Å². The summed E-state index contributed by atoms with van der Waals surface area (Å²) in [4.78, 5) is 30.9. The Hall–Kier alpha value is -3.82. The van der Waals surface area contributed by atoms with Crippen molar-refractivity contribution in [2.75, 3.05) is 45.9 Å². The van der Waals surface area contributed by atoms with E-state index in [1.165, 1.54) is 33.7 Å². The number of morpholine rings is 1. The van der Waals surface area contributed by atoms with Gasteiger partial charge in [0.05, 0.1) is 25.2 Å². The Morgan fingerprint density at radius 1 is 1.05 bits per heavy atom. The van der Waals surface area contributed by atoms with Crippen LogP contribution in [0.1, 0.15) is 45.3 Å². The van der Waals surface area contributed by atoms with Gasteiger partial charge in [0.25, 0.3) is 11.8 Å². The summed E-state index contributed by atoms with van der Waals surface area (Å²) >= 11 is 0. The number of benzene rings is 2. The third-order valence-corrected chi connectivity index (χ3v) is 7.35. The van der Waals surface area contributed by atoms with Crippen molar-refractivity contribution in [3.8, 4) is 0 Å². The molecule has 3 heterocycles. The van der Waals surface area contributed by atoms with Crippen LogP contribution < -0.4 is 0 Å². The van der Waals surface area contributed by atoms with Crippen molar-refractivity contribution in [3.05, 3.63) is 94.7 Å². The molecule has 1 atom stereocenters. The van der Waals surface area contributed by atoms with Crippen molar-refractivity contribution in [2.24, 2.45) is 5.10 Å². The number of carbonyl (C=O) groups is 2. The molecule has 0 saturated carbocycles. The Bertz CT molecular complexity index is 1350. The van der Waals surface area contributed by atoms with Gasteiger partial charge >= 0.3 is 0 Å². The van der Waals surface area contributed by atoms with Crippen molar-refractivity contribution in [3.63, 3.8) is 0 Å². The van der Waals surface area contributed by atoms with Crippen LogP contribution in [0.2, 0.25) is 0 Å². The van der Waals surface area contributed by atoms with Crippen LogP contribution in [0.3, 0.4) is 0 Å². The molecule has 3 aromatic rings. The number of aryl methyl sites for hydroxylation is 2. The fourth-order valence-corrected chi connectivity index (χ4v) is 4.92. The number of furan rings is 1. The van der Waals surface area contributed by atoms with Crippen LogP contribution in [-0.2, 0) is 9.53 Å². The fraction of sp³-hybridized carbons (Fsp3) is 0.367. The summed E-state index contributed by atoms with van der Waals surface area (Å²) in [6.45, 7) is 7.57. The number of ether oxygens (including phenoxy) is 1. The van der Waals surface area contributed by atoms with Crippen molar-refractivity contribution in [1.82, 2.24) is 14.8 Å². The molecule has 0 N–H and O–H groups in total. The largest absolute Gasteiger partial charge is 0.467 e. The predicted octanol–water partition coefficient (Wildman–Crippen LogP) is 4.19. The Morgan fingerprint density at radius 3 is 2.59 bits per heavy atom. The highest BCUT2D eigenvalue weighted by Crippen LogP contribution is 2.33. The van der Waals surface area contributed by atoms with E-state index in [9.17, 15) is 14.0 Å². The molecule has 2 aromatic carbocycles. The van der Waals surface area contributed by atoms with Crippen LogP contribution in [0.25, 0.3) is 0 Å². The van der Waals surface area contributed by atoms with E-state index in [1.54, 1.807) is 18.4 Å². The summed E-state index contributed by atoms with van der Waals surface area (Å²) in [7, 11) is 0. The second kappa shape index (κ2) is 11.9. The van der Waals surface area contributed by atoms with Crippen molar-refractivity contribution in [2.45, 2.75) is 26.3 Å². The van der Waals surface area contributed by atoms with Gasteiger partial charge in [0, 0.05) is 38.2 Å². The van der Waals surface area contributed by atoms with Gasteiger partial charge in [-0.3, -0.25) is 14.5 Å². The van der Waals surface area contributed by atoms with Crippen molar-refractivity contribution >= 4 is 17.5 Å². The smallest absolute Gasteiger partial charge is 0.262 e. The zero-order valence-corrected chi connectivity index (χ0v) is 22.3. The Kier molecular flexibility index (Phi) is 8.18. The highest BCUT2D eigenvalue weighted by atomic mass is 19.1. The number of hydrazone groups is 1. The maximum atomic E-state index is 13.9. The van der Waals surface area contributed by atoms with Gasteiger partial charge in [-0.15, -0.1) is 0 Å². The van der Waals surface area contributed by atoms with Gasteiger partial charge in [0.15, 0.2) is 0 Å². The minimum atomic E-state index is -0.500. The first-order valence-electron chi connectivity index (χ1n) is 13.2. The molecule has 0 spiro atoms. The van der Waals surface area contributed by atoms with E-state index in [4.69, 9.17) is 14.3 Å². The average Bonchev–Trinajstić information content (AvgIpc) is 3.63. The van der Waals surface area contributed by atoms with E-state index in [1.807, 2.05) is 25.1 Å². The maximum Gasteiger partial charge on any atom is 0.262 e. The van der Waals surface area contributed by atoms with Gasteiger partial charge < -0.3 is 14.1 Å². The molecule has 9 heteroatoms. The van der Waals surface area contributed by atoms with E-state index in [2.05, 4.69) is 17.9 Å². The number of nitrogens with zero attached hydrogens (tertiary/aromatic N) is 4. The lowest BCUT2D eigenvalue weighted by molar-refractivity contribution is -0.134. The highest BCUT2D eigenvalue weighted by Gasteiger charge is 2.36. The van der Waals surface area contributed by atoms with Gasteiger partial charge in [-0.05, 0) is 66.9 Å². The molecule has 0 radical (unpaired) electrons. The Morgan fingerprint density at radius 2 is 1.87 bits per heavy atom. The second-order valence-electron chi connectivity index (χ2n) is 10.0. The lowest BCUT2D eigenvalue weighted by Gasteiger charge is -2.31. The molecular weight excluding hydrogens is 499 g/mol. The van der Waals surface area contributed by atoms with Gasteiger partial charge in [0.1, 0.15) is 24.2 Å². The minimum Gasteiger partial charge on any atom is -0.467 e. The lowest BCUT2D eigenvalue weighted by Crippen LogP contribution is -2.46. The standard InChI is InChI=1S/C30H33FN4O4/c1-21-8-9-23(17-22(21)2)26-19-27(28-7-4-14-39-28)35(32-26)29(36)20-34(11-10-33-12-15-38-16-13-33)30(37)24-5-3-6-25(31)18-24/h3-9,14,17-18,27H,10-13,15-16,19-20H2,1-2H3/t27-/m0/s1. The van der Waals surface area contributed by atoms with E-state index >= 15 is 0 Å². The van der Waals surface area contributed by atoms with Gasteiger partial charge in [-0.25, -0.2) is 9.40 Å². The van der Waals surface area contributed by atoms with E-state index in [-0.39, 0.29) is 18.0 Å². The molecule has 39 heavy (non-hydrogen) atoms. The van der Waals surface area contributed by atoms with Crippen molar-refractivity contribution < 1.29 is 23.1 Å². The molecule has 0 bridgehead atoms. The molecular formula is C30H33FN4O4. The Balaban J connectivity index is 1.40. The molecule has 2 aliphatic heterocycles. The monoisotopic (exact) mass is 532 g/mol. The summed E-state index contributed by atoms with van der Waals surface area (Å²) in [5.41, 5.74) is 4.26. The van der Waals surface area contributed by atoms with Crippen LogP contribution in [0, 0.1) is 19.7 Å². The normalized spacial score (nSPS) is 17.8. The fourth-order valence-electron chi connectivity index (χ4n) is 4.92. The second-order valence-corrected chi connectivity index (χ2v) is 10.0. The van der Waals surface area contributed by atoms with E-state index in [0.29, 0.717) is 38.5 Å². The van der Waals surface area contributed by atoms with Crippen LogP contribution >= 0.6 is 0 Å². The third kappa shape index (κ3) is 6.26. The Labute approximate surface area is 227 Å². The van der Waals surface area contributed by atoms with Gasteiger partial charge in [-0.2, -0.15) is 5.10 Å². The van der Waals surface area contributed by atoms with Crippen LogP contribution in [0.5, 0.6) is 0 Å². The van der Waals surface area contributed by atoms with E-state index < -0.39 is 17.8 Å². The minimum absolute atomic E-state index is 0.194. The molecule has 2 amide bonds. The van der Waals surface area contributed by atoms with Gasteiger partial charge in [0.2, 0.25) is 0 Å². The lowest BCUT2D eigenvalue weighted by atomic mass is 9.99. The summed E-state index contributed by atoms with van der Waals surface area (Å²) < 4.78 is 25.1. The zero-order valence-electron chi connectivity index (χ0n) is 22.3. The molecule has 0 unspecified atom stereocenters. The van der Waals surface area contributed by atoms with Crippen molar-refractivity contribution in [1.29, 1.82) is 0 Å². The first-order valence-corrected chi connectivity index (χ1v) is 13.2. The third-order valence-electron chi connectivity index (χ3n) is 7.35. The number of halogens is 1. The number of amides is 2. The van der Waals surface area contributed by atoms with Crippen LogP contribution in [-0.4, -0.2) is 78.3 Å². The molecule has 1 fully saturated rings. The van der Waals surface area contributed by atoms with Gasteiger partial charge in [-0.1, -0.05) is 18.2 Å². The predicted molar refractivity (Wildman–Crippen MR) is 145 cm³/mol. The quantitative estimate of drug-likeness (QED) is 0.435. The zero-order chi connectivity index (χ0) is 27.4. The maximum absolute atomic E-state index is 13.9. The summed E-state index contributed by atoms with van der Waals surface area (Å²) in [6.07, 6.45) is 2.07. The highest BCUT2D eigenvalue weighted by molar-refractivity contribution is 6.04. The molecule has 1 saturated heterocycles. The summed E-state index contributed by atoms with van der Waals surface area (Å²) in [5, 5.41) is 6.17.